The minimum Gasteiger partial charge on any atom is -0.496 e. The first-order valence-corrected chi connectivity index (χ1v) is 7.26. The van der Waals surface area contributed by atoms with E-state index in [2.05, 4.69) is 13.0 Å². The lowest BCUT2D eigenvalue weighted by molar-refractivity contribution is 0.0447. The summed E-state index contributed by atoms with van der Waals surface area (Å²) in [6.45, 7) is 2.59. The molecule has 0 radical (unpaired) electrons. The van der Waals surface area contributed by atoms with Crippen molar-refractivity contribution < 1.29 is 19.0 Å². The van der Waals surface area contributed by atoms with Crippen molar-refractivity contribution in [2.24, 2.45) is 0 Å². The molecule has 2 rings (SSSR count). The summed E-state index contributed by atoms with van der Waals surface area (Å²) < 4.78 is 15.9. The number of methoxy groups -OCH3 is 1. The minimum absolute atomic E-state index is 0.188. The Morgan fingerprint density at radius 1 is 1.05 bits per heavy atom. The van der Waals surface area contributed by atoms with Crippen molar-refractivity contribution in [3.63, 3.8) is 0 Å². The van der Waals surface area contributed by atoms with Crippen LogP contribution >= 0.6 is 0 Å². The Labute approximate surface area is 130 Å². The van der Waals surface area contributed by atoms with Crippen molar-refractivity contribution >= 4 is 5.97 Å². The van der Waals surface area contributed by atoms with Gasteiger partial charge in [0.05, 0.1) is 7.11 Å². The number of aryl methyl sites for hydroxylation is 1. The van der Waals surface area contributed by atoms with Crippen LogP contribution in [-0.2, 0) is 11.2 Å². The van der Waals surface area contributed by atoms with Crippen LogP contribution in [0.1, 0.15) is 22.8 Å². The molecule has 2 aromatic rings. The lowest BCUT2D eigenvalue weighted by Gasteiger charge is -2.10. The summed E-state index contributed by atoms with van der Waals surface area (Å²) in [6.07, 6.45) is 0.958. The van der Waals surface area contributed by atoms with E-state index in [-0.39, 0.29) is 6.61 Å². The van der Waals surface area contributed by atoms with Gasteiger partial charge in [0.1, 0.15) is 30.3 Å². The molecule has 0 N–H and O–H groups in total. The van der Waals surface area contributed by atoms with Crippen LogP contribution in [0.5, 0.6) is 11.5 Å². The highest BCUT2D eigenvalue weighted by Crippen LogP contribution is 2.18. The SMILES string of the molecule is CCc1cccc(OCCOC(=O)c2ccccc2OC)c1. The molecule has 0 aliphatic carbocycles. The van der Waals surface area contributed by atoms with E-state index in [1.807, 2.05) is 18.2 Å². The number of benzene rings is 2. The quantitative estimate of drug-likeness (QED) is 0.580. The van der Waals surface area contributed by atoms with Gasteiger partial charge in [-0.05, 0) is 36.2 Å². The van der Waals surface area contributed by atoms with Crippen molar-refractivity contribution in [1.29, 1.82) is 0 Å². The zero-order valence-corrected chi connectivity index (χ0v) is 12.9. The summed E-state index contributed by atoms with van der Waals surface area (Å²) in [5, 5.41) is 0. The maximum absolute atomic E-state index is 12.0. The van der Waals surface area contributed by atoms with Gasteiger partial charge in [0.25, 0.3) is 0 Å². The fourth-order valence-corrected chi connectivity index (χ4v) is 2.04. The van der Waals surface area contributed by atoms with Crippen LogP contribution in [0.3, 0.4) is 0 Å². The summed E-state index contributed by atoms with van der Waals surface area (Å²) in [6, 6.07) is 14.9. The van der Waals surface area contributed by atoms with Crippen LogP contribution in [-0.4, -0.2) is 26.3 Å². The van der Waals surface area contributed by atoms with Crippen molar-refractivity contribution in [1.82, 2.24) is 0 Å². The molecule has 0 fully saturated rings. The molecule has 0 saturated carbocycles. The number of para-hydroxylation sites is 1. The van der Waals surface area contributed by atoms with E-state index in [4.69, 9.17) is 14.2 Å². The Kier molecular flexibility index (Phi) is 5.83. The fraction of sp³-hybridized carbons (Fsp3) is 0.278. The van der Waals surface area contributed by atoms with Crippen LogP contribution in [0.4, 0.5) is 0 Å². The summed E-state index contributed by atoms with van der Waals surface area (Å²) in [5.74, 6) is 0.875. The van der Waals surface area contributed by atoms with Gasteiger partial charge in [-0.1, -0.05) is 31.2 Å². The summed E-state index contributed by atoms with van der Waals surface area (Å²) in [7, 11) is 1.52. The second-order valence-electron chi connectivity index (χ2n) is 4.69. The van der Waals surface area contributed by atoms with Crippen LogP contribution in [0, 0.1) is 0 Å². The molecule has 2 aromatic carbocycles. The topological polar surface area (TPSA) is 44.8 Å². The van der Waals surface area contributed by atoms with Gasteiger partial charge in [-0.15, -0.1) is 0 Å². The predicted octanol–water partition coefficient (Wildman–Crippen LogP) is 3.49. The highest BCUT2D eigenvalue weighted by molar-refractivity contribution is 5.92. The summed E-state index contributed by atoms with van der Waals surface area (Å²) in [5.41, 5.74) is 1.63. The van der Waals surface area contributed by atoms with E-state index < -0.39 is 5.97 Å². The molecule has 4 heteroatoms. The van der Waals surface area contributed by atoms with E-state index in [9.17, 15) is 4.79 Å². The molecule has 0 bridgehead atoms. The smallest absolute Gasteiger partial charge is 0.342 e. The Bertz CT molecular complexity index is 622. The van der Waals surface area contributed by atoms with Gasteiger partial charge in [0.15, 0.2) is 0 Å². The molecule has 0 aliphatic heterocycles. The van der Waals surface area contributed by atoms with Gasteiger partial charge < -0.3 is 14.2 Å². The van der Waals surface area contributed by atoms with Crippen LogP contribution in [0.2, 0.25) is 0 Å². The first kappa shape index (κ1) is 15.9. The van der Waals surface area contributed by atoms with Crippen molar-refractivity contribution in [3.8, 4) is 11.5 Å². The molecule has 4 nitrogen and oxygen atoms in total. The number of carbonyl (C=O) groups is 1. The molecule has 0 aromatic heterocycles. The molecule has 116 valence electrons. The monoisotopic (exact) mass is 300 g/mol. The molecular weight excluding hydrogens is 280 g/mol. The van der Waals surface area contributed by atoms with E-state index >= 15 is 0 Å². The van der Waals surface area contributed by atoms with Gasteiger partial charge >= 0.3 is 5.97 Å². The molecule has 0 atom stereocenters. The predicted molar refractivity (Wildman–Crippen MR) is 84.6 cm³/mol. The molecule has 0 spiro atoms. The van der Waals surface area contributed by atoms with Gasteiger partial charge in [-0.2, -0.15) is 0 Å². The van der Waals surface area contributed by atoms with Gasteiger partial charge in [0.2, 0.25) is 0 Å². The lowest BCUT2D eigenvalue weighted by Crippen LogP contribution is -2.13. The Balaban J connectivity index is 1.82. The number of esters is 1. The maximum Gasteiger partial charge on any atom is 0.342 e. The average Bonchev–Trinajstić information content (AvgIpc) is 2.58. The van der Waals surface area contributed by atoms with E-state index in [1.165, 1.54) is 12.7 Å². The standard InChI is InChI=1S/C18H20O4/c1-3-14-7-6-8-15(13-14)21-11-12-22-18(19)16-9-4-5-10-17(16)20-2/h4-10,13H,3,11-12H2,1-2H3. The molecule has 0 aliphatic rings. The molecule has 22 heavy (non-hydrogen) atoms. The Morgan fingerprint density at radius 3 is 2.64 bits per heavy atom. The number of rotatable bonds is 7. The first-order chi connectivity index (χ1) is 10.7. The summed E-state index contributed by atoms with van der Waals surface area (Å²) in [4.78, 5) is 12.0. The zero-order valence-electron chi connectivity index (χ0n) is 12.9. The highest BCUT2D eigenvalue weighted by atomic mass is 16.6. The van der Waals surface area contributed by atoms with E-state index in [1.54, 1.807) is 24.3 Å². The number of carbonyl (C=O) groups excluding carboxylic acids is 1. The third kappa shape index (κ3) is 4.25. The van der Waals surface area contributed by atoms with E-state index in [0.29, 0.717) is 17.9 Å². The van der Waals surface area contributed by atoms with Crippen molar-refractivity contribution in [2.75, 3.05) is 20.3 Å². The normalized spacial score (nSPS) is 10.1. The average molecular weight is 300 g/mol. The van der Waals surface area contributed by atoms with Gasteiger partial charge in [-0.3, -0.25) is 0 Å². The highest BCUT2D eigenvalue weighted by Gasteiger charge is 2.12. The van der Waals surface area contributed by atoms with Crippen molar-refractivity contribution in [3.05, 3.63) is 59.7 Å². The van der Waals surface area contributed by atoms with Gasteiger partial charge in [-0.25, -0.2) is 4.79 Å². The Hall–Kier alpha value is -2.49. The zero-order chi connectivity index (χ0) is 15.8. The summed E-state index contributed by atoms with van der Waals surface area (Å²) >= 11 is 0. The fourth-order valence-electron chi connectivity index (χ4n) is 2.04. The van der Waals surface area contributed by atoms with Crippen molar-refractivity contribution in [2.45, 2.75) is 13.3 Å². The lowest BCUT2D eigenvalue weighted by atomic mass is 10.2. The number of hydrogen-bond acceptors (Lipinski definition) is 4. The molecular formula is C18H20O4. The second-order valence-corrected chi connectivity index (χ2v) is 4.69. The third-order valence-electron chi connectivity index (χ3n) is 3.22. The molecule has 0 saturated heterocycles. The Morgan fingerprint density at radius 2 is 1.86 bits per heavy atom. The maximum atomic E-state index is 12.0. The number of hydrogen-bond donors (Lipinski definition) is 0. The molecule has 0 unspecified atom stereocenters. The van der Waals surface area contributed by atoms with Gasteiger partial charge in [0, 0.05) is 0 Å². The third-order valence-corrected chi connectivity index (χ3v) is 3.22. The van der Waals surface area contributed by atoms with Crippen LogP contribution < -0.4 is 9.47 Å². The molecule has 0 heterocycles. The second kappa shape index (κ2) is 8.08. The van der Waals surface area contributed by atoms with Crippen LogP contribution in [0.25, 0.3) is 0 Å². The van der Waals surface area contributed by atoms with Crippen LogP contribution in [0.15, 0.2) is 48.5 Å². The largest absolute Gasteiger partial charge is 0.496 e. The molecule has 0 amide bonds. The number of ether oxygens (including phenoxy) is 3. The first-order valence-electron chi connectivity index (χ1n) is 7.26. The van der Waals surface area contributed by atoms with E-state index in [0.717, 1.165) is 12.2 Å². The minimum atomic E-state index is -0.414.